The predicted molar refractivity (Wildman–Crippen MR) is 180 cm³/mol. The fraction of sp³-hybridized carbons (Fsp3) is 0.971. The van der Waals surface area contributed by atoms with Crippen molar-refractivity contribution in [2.75, 3.05) is 5.75 Å². The number of carboxylic acids is 1. The summed E-state index contributed by atoms with van der Waals surface area (Å²) in [6.45, 7) is 9.40. The first kappa shape index (κ1) is 40.8. The monoisotopic (exact) mass is 664 g/mol. The van der Waals surface area contributed by atoms with E-state index >= 15 is 0 Å². The van der Waals surface area contributed by atoms with Crippen molar-refractivity contribution >= 4 is 37.0 Å². The van der Waals surface area contributed by atoms with Gasteiger partial charge in [-0.25, -0.2) is 0 Å². The third-order valence-corrected chi connectivity index (χ3v) is 24.8. The van der Waals surface area contributed by atoms with Crippen molar-refractivity contribution < 1.29 is 9.90 Å². The molecular formula is C34H72O2SSn. The number of hydrogen-bond acceptors (Lipinski definition) is 2. The van der Waals surface area contributed by atoms with E-state index in [2.05, 4.69) is 40.3 Å². The van der Waals surface area contributed by atoms with Crippen molar-refractivity contribution in [1.29, 1.82) is 0 Å². The molecule has 230 valence electrons. The Hall–Kier alpha value is 0.619. The van der Waals surface area contributed by atoms with Gasteiger partial charge in [-0.3, -0.25) is 4.79 Å². The van der Waals surface area contributed by atoms with Gasteiger partial charge >= 0.3 is 224 Å². The van der Waals surface area contributed by atoms with Crippen LogP contribution in [0, 0.1) is 0 Å². The van der Waals surface area contributed by atoms with Gasteiger partial charge in [0.05, 0.1) is 5.75 Å². The third-order valence-electron chi connectivity index (χ3n) is 8.38. The topological polar surface area (TPSA) is 37.3 Å². The molecular weight excluding hydrogens is 591 g/mol. The van der Waals surface area contributed by atoms with E-state index in [0.29, 0.717) is 0 Å². The quantitative estimate of drug-likeness (QED) is 0.0475. The molecule has 0 bridgehead atoms. The Morgan fingerprint density at radius 1 is 0.447 bits per heavy atom. The van der Waals surface area contributed by atoms with Crippen molar-refractivity contribution in [2.45, 2.75) is 200 Å². The molecule has 0 unspecified atom stereocenters. The first-order valence-corrected chi connectivity index (χ1v) is 26.0. The number of carbonyl (C=O) groups is 1. The Labute approximate surface area is 251 Å². The number of hydrogen-bond donors (Lipinski definition) is 2. The Balaban J connectivity index is 0. The normalized spacial score (nSPS) is 11.4. The number of unbranched alkanes of at least 4 members (excludes halogenated alkanes) is 20. The fourth-order valence-electron chi connectivity index (χ4n) is 5.87. The summed E-state index contributed by atoms with van der Waals surface area (Å²) in [4.78, 5) is 9.29. The average Bonchev–Trinajstić information content (AvgIpc) is 2.92. The van der Waals surface area contributed by atoms with Crippen molar-refractivity contribution in [2.24, 2.45) is 0 Å². The first-order valence-electron chi connectivity index (χ1n) is 17.3. The van der Waals surface area contributed by atoms with E-state index in [1.807, 2.05) is 0 Å². The molecule has 0 fully saturated rings. The number of rotatable bonds is 29. The molecule has 0 rings (SSSR count). The molecule has 0 spiro atoms. The van der Waals surface area contributed by atoms with Gasteiger partial charge in [-0.15, -0.1) is 0 Å². The van der Waals surface area contributed by atoms with Crippen LogP contribution < -0.4 is 0 Å². The molecule has 0 aromatic heterocycles. The fourth-order valence-corrected chi connectivity index (χ4v) is 21.6. The zero-order valence-corrected chi connectivity index (χ0v) is 30.6. The summed E-state index contributed by atoms with van der Waals surface area (Å²) in [5.74, 6) is -0.965. The maximum atomic E-state index is 9.29. The van der Waals surface area contributed by atoms with Crippen LogP contribution in [0.3, 0.4) is 0 Å². The molecule has 0 aliphatic heterocycles. The summed E-state index contributed by atoms with van der Waals surface area (Å²) in [6.07, 6.45) is 36.0. The molecule has 0 aromatic rings. The molecule has 0 aliphatic carbocycles. The Kier molecular flexibility index (Phi) is 36.3. The van der Waals surface area contributed by atoms with Crippen LogP contribution in [-0.4, -0.2) is 35.2 Å². The Morgan fingerprint density at radius 3 is 0.816 bits per heavy atom. The summed E-state index contributed by atoms with van der Waals surface area (Å²) < 4.78 is 7.00. The predicted octanol–water partition coefficient (Wildman–Crippen LogP) is 12.9. The van der Waals surface area contributed by atoms with Gasteiger partial charge in [-0.2, -0.15) is 12.6 Å². The van der Waals surface area contributed by atoms with E-state index in [-0.39, 0.29) is 5.75 Å². The van der Waals surface area contributed by atoms with E-state index in [1.165, 1.54) is 103 Å². The van der Waals surface area contributed by atoms with Crippen LogP contribution in [0.2, 0.25) is 17.7 Å². The van der Waals surface area contributed by atoms with Crippen LogP contribution in [0.4, 0.5) is 0 Å². The van der Waals surface area contributed by atoms with Gasteiger partial charge in [0.25, 0.3) is 0 Å². The van der Waals surface area contributed by atoms with Crippen LogP contribution in [0.5, 0.6) is 0 Å². The van der Waals surface area contributed by atoms with E-state index < -0.39 is 24.3 Å². The van der Waals surface area contributed by atoms with E-state index in [0.717, 1.165) is 0 Å². The molecule has 1 N–H and O–H groups in total. The summed E-state index contributed by atoms with van der Waals surface area (Å²) in [5.41, 5.74) is 0. The Bertz CT molecular complexity index is 388. The van der Waals surface area contributed by atoms with Gasteiger partial charge in [0.1, 0.15) is 0 Å². The van der Waals surface area contributed by atoms with Gasteiger partial charge in [-0.1, -0.05) is 0 Å². The molecule has 0 saturated carbocycles. The maximum absolute atomic E-state index is 9.29. The summed E-state index contributed by atoms with van der Waals surface area (Å²) in [7, 11) is 0. The minimum atomic E-state index is -1.97. The SMILES string of the molecule is CCCCCCC[CH2][Sn]([CH2]CCCCCCC)([CH2]CCCCCCC)[CH2]CCCCCCC.O=C(O)CS. The van der Waals surface area contributed by atoms with E-state index in [4.69, 9.17) is 5.11 Å². The number of aliphatic carboxylic acids is 1. The third kappa shape index (κ3) is 31.2. The van der Waals surface area contributed by atoms with Crippen LogP contribution in [0.1, 0.15) is 182 Å². The molecule has 38 heavy (non-hydrogen) atoms. The summed E-state index contributed by atoms with van der Waals surface area (Å²) in [5, 5.41) is 7.65. The molecule has 2 nitrogen and oxygen atoms in total. The minimum absolute atomic E-state index is 0.0833. The van der Waals surface area contributed by atoms with Crippen molar-refractivity contribution in [3.63, 3.8) is 0 Å². The second-order valence-electron chi connectivity index (χ2n) is 12.1. The Morgan fingerprint density at radius 2 is 0.632 bits per heavy atom. The smallest absolute Gasteiger partial charge is 0.313 e. The second kappa shape index (κ2) is 33.8. The van der Waals surface area contributed by atoms with Crippen LogP contribution in [-0.2, 0) is 4.79 Å². The molecule has 0 radical (unpaired) electrons. The molecule has 0 aromatic carbocycles. The van der Waals surface area contributed by atoms with Crippen molar-refractivity contribution in [3.8, 4) is 0 Å². The van der Waals surface area contributed by atoms with E-state index in [1.54, 1.807) is 69.1 Å². The zero-order chi connectivity index (χ0) is 28.6. The molecule has 0 saturated heterocycles. The van der Waals surface area contributed by atoms with Gasteiger partial charge in [0.15, 0.2) is 0 Å². The van der Waals surface area contributed by atoms with Gasteiger partial charge in [-0.05, 0) is 0 Å². The largest absolute Gasteiger partial charge is 0.481 e. The van der Waals surface area contributed by atoms with Gasteiger partial charge in [0.2, 0.25) is 0 Å². The first-order chi connectivity index (χ1) is 18.5. The zero-order valence-electron chi connectivity index (χ0n) is 26.8. The molecule has 0 amide bonds. The number of thiol groups is 1. The van der Waals surface area contributed by atoms with E-state index in [9.17, 15) is 4.79 Å². The van der Waals surface area contributed by atoms with Gasteiger partial charge in [0, 0.05) is 0 Å². The maximum Gasteiger partial charge on any atom is 0.313 e. The standard InChI is InChI=1S/4C8H17.C2H4O2S.Sn/c4*1-3-5-7-8-6-4-2;3-2(4)1-5;/h4*1,3-8H2,2H3;5H,1H2,(H,3,4);. The van der Waals surface area contributed by atoms with Crippen LogP contribution in [0.15, 0.2) is 0 Å². The minimum Gasteiger partial charge on any atom is -0.481 e. The van der Waals surface area contributed by atoms with Crippen molar-refractivity contribution in [1.82, 2.24) is 0 Å². The van der Waals surface area contributed by atoms with Gasteiger partial charge < -0.3 is 5.11 Å². The molecule has 4 heteroatoms. The summed E-state index contributed by atoms with van der Waals surface area (Å²) >= 11 is 1.45. The average molecular weight is 664 g/mol. The second-order valence-corrected chi connectivity index (χ2v) is 26.7. The van der Waals surface area contributed by atoms with Crippen molar-refractivity contribution in [3.05, 3.63) is 0 Å². The molecule has 0 atom stereocenters. The number of carboxylic acid groups (broad SMARTS) is 1. The summed E-state index contributed by atoms with van der Waals surface area (Å²) in [6, 6.07) is 0. The van der Waals surface area contributed by atoms with Crippen LogP contribution >= 0.6 is 12.6 Å². The van der Waals surface area contributed by atoms with Crippen LogP contribution in [0.25, 0.3) is 0 Å². The molecule has 0 heterocycles. The molecule has 0 aliphatic rings.